The van der Waals surface area contributed by atoms with Crippen LogP contribution < -0.4 is 9.47 Å². The van der Waals surface area contributed by atoms with Crippen LogP contribution in [0, 0.1) is 0 Å². The van der Waals surface area contributed by atoms with Gasteiger partial charge in [-0.2, -0.15) is 0 Å². The van der Waals surface area contributed by atoms with Crippen molar-refractivity contribution in [3.63, 3.8) is 0 Å². The molecule has 132 valence electrons. The maximum absolute atomic E-state index is 10.1. The van der Waals surface area contributed by atoms with Gasteiger partial charge in [0.2, 0.25) is 0 Å². The fourth-order valence-corrected chi connectivity index (χ4v) is 3.86. The summed E-state index contributed by atoms with van der Waals surface area (Å²) >= 11 is 0. The van der Waals surface area contributed by atoms with Crippen molar-refractivity contribution in [1.29, 1.82) is 0 Å². The van der Waals surface area contributed by atoms with E-state index < -0.39 is 5.60 Å². The second-order valence-corrected chi connectivity index (χ2v) is 7.64. The summed E-state index contributed by atoms with van der Waals surface area (Å²) in [5.74, 6) is 1.89. The monoisotopic (exact) mass is 338 g/mol. The first kappa shape index (κ1) is 16.5. The van der Waals surface area contributed by atoms with Crippen LogP contribution in [0.2, 0.25) is 0 Å². The fourth-order valence-electron chi connectivity index (χ4n) is 3.86. The number of ether oxygens (including phenoxy) is 2. The van der Waals surface area contributed by atoms with E-state index >= 15 is 0 Å². The Hall–Kier alpha value is -2.00. The van der Waals surface area contributed by atoms with Crippen molar-refractivity contribution in [3.05, 3.63) is 59.7 Å². The molecule has 1 saturated carbocycles. The van der Waals surface area contributed by atoms with Crippen molar-refractivity contribution in [2.24, 2.45) is 0 Å². The third-order valence-electron chi connectivity index (χ3n) is 5.46. The minimum atomic E-state index is -0.518. The third kappa shape index (κ3) is 3.82. The maximum Gasteiger partial charge on any atom is 0.124 e. The molecule has 1 N–H and O–H groups in total. The van der Waals surface area contributed by atoms with Gasteiger partial charge in [0.05, 0.1) is 11.7 Å². The van der Waals surface area contributed by atoms with Gasteiger partial charge in [-0.25, -0.2) is 0 Å². The molecule has 4 rings (SSSR count). The predicted molar refractivity (Wildman–Crippen MR) is 98.1 cm³/mol. The molecule has 1 aliphatic heterocycles. The number of hydrogen-bond donors (Lipinski definition) is 1. The molecular formula is C22H26O3. The predicted octanol–water partition coefficient (Wildman–Crippen LogP) is 4.83. The van der Waals surface area contributed by atoms with Crippen molar-refractivity contribution >= 4 is 0 Å². The average molecular weight is 338 g/mol. The topological polar surface area (TPSA) is 38.7 Å². The molecule has 0 saturated heterocycles. The first-order valence-corrected chi connectivity index (χ1v) is 9.33. The zero-order valence-corrected chi connectivity index (χ0v) is 14.8. The zero-order chi connectivity index (χ0) is 17.3. The molecule has 2 aromatic rings. The van der Waals surface area contributed by atoms with Crippen molar-refractivity contribution in [2.45, 2.75) is 63.3 Å². The van der Waals surface area contributed by atoms with Crippen LogP contribution in [0.3, 0.4) is 0 Å². The lowest BCUT2D eigenvalue weighted by Gasteiger charge is -2.33. The largest absolute Gasteiger partial charge is 0.490 e. The Bertz CT molecular complexity index is 713. The van der Waals surface area contributed by atoms with Crippen LogP contribution in [0.1, 0.15) is 56.3 Å². The van der Waals surface area contributed by atoms with Gasteiger partial charge < -0.3 is 14.6 Å². The van der Waals surface area contributed by atoms with Gasteiger partial charge in [-0.3, -0.25) is 0 Å². The Kier molecular flexibility index (Phi) is 4.43. The van der Waals surface area contributed by atoms with Crippen LogP contribution in [0.15, 0.2) is 48.5 Å². The summed E-state index contributed by atoms with van der Waals surface area (Å²) in [6, 6.07) is 16.6. The van der Waals surface area contributed by atoms with Crippen LogP contribution in [0.5, 0.6) is 11.5 Å². The number of benzene rings is 2. The molecule has 1 aliphatic carbocycles. The number of hydrogen-bond acceptors (Lipinski definition) is 3. The molecule has 2 aromatic carbocycles. The molecule has 25 heavy (non-hydrogen) atoms. The number of fused-ring (bicyclic) bond motifs is 1. The molecule has 0 spiro atoms. The summed E-state index contributed by atoms with van der Waals surface area (Å²) in [5.41, 5.74) is 1.95. The van der Waals surface area contributed by atoms with Gasteiger partial charge in [-0.15, -0.1) is 0 Å². The van der Waals surface area contributed by atoms with E-state index in [-0.39, 0.29) is 12.2 Å². The molecule has 3 nitrogen and oxygen atoms in total. The fraction of sp³-hybridized carbons (Fsp3) is 0.455. The van der Waals surface area contributed by atoms with E-state index in [1.807, 2.05) is 25.1 Å². The first-order valence-electron chi connectivity index (χ1n) is 9.33. The Morgan fingerprint density at radius 1 is 1.04 bits per heavy atom. The second-order valence-electron chi connectivity index (χ2n) is 7.64. The highest BCUT2D eigenvalue weighted by atomic mass is 16.5. The number of aliphatic hydroxyl groups is 1. The molecular weight excluding hydrogens is 312 g/mol. The minimum absolute atomic E-state index is 0.140. The van der Waals surface area contributed by atoms with E-state index in [4.69, 9.17) is 9.47 Å². The maximum atomic E-state index is 10.1. The molecule has 0 aromatic heterocycles. The number of aryl methyl sites for hydroxylation is 1. The average Bonchev–Trinajstić information content (AvgIpc) is 2.64. The second kappa shape index (κ2) is 6.72. The smallest absolute Gasteiger partial charge is 0.124 e. The highest BCUT2D eigenvalue weighted by molar-refractivity contribution is 5.42. The minimum Gasteiger partial charge on any atom is -0.490 e. The van der Waals surface area contributed by atoms with Crippen molar-refractivity contribution < 1.29 is 14.6 Å². The lowest BCUT2D eigenvalue weighted by atomic mass is 9.85. The SMILES string of the molecule is CC1(O)CCC(Oc2ccc3c(c2)CCC(c2ccccc2)O3)CC1. The lowest BCUT2D eigenvalue weighted by Crippen LogP contribution is -2.34. The van der Waals surface area contributed by atoms with E-state index in [1.165, 1.54) is 11.1 Å². The van der Waals surface area contributed by atoms with Crippen molar-refractivity contribution in [3.8, 4) is 11.5 Å². The molecule has 1 atom stereocenters. The summed E-state index contributed by atoms with van der Waals surface area (Å²) in [6.07, 6.45) is 5.79. The van der Waals surface area contributed by atoms with E-state index in [0.717, 1.165) is 50.0 Å². The highest BCUT2D eigenvalue weighted by Gasteiger charge is 2.30. The summed E-state index contributed by atoms with van der Waals surface area (Å²) in [6.45, 7) is 1.92. The number of rotatable bonds is 3. The molecule has 0 amide bonds. The third-order valence-corrected chi connectivity index (χ3v) is 5.46. The van der Waals surface area contributed by atoms with E-state index in [2.05, 4.69) is 30.3 Å². The Balaban J connectivity index is 1.42. The van der Waals surface area contributed by atoms with Crippen molar-refractivity contribution in [1.82, 2.24) is 0 Å². The first-order chi connectivity index (χ1) is 12.1. The molecule has 0 bridgehead atoms. The van der Waals surface area contributed by atoms with E-state index in [1.54, 1.807) is 0 Å². The normalized spacial score (nSPS) is 28.7. The summed E-state index contributed by atoms with van der Waals surface area (Å²) in [5, 5.41) is 10.1. The molecule has 0 radical (unpaired) electrons. The van der Waals surface area contributed by atoms with Crippen LogP contribution in [0.4, 0.5) is 0 Å². The van der Waals surface area contributed by atoms with Crippen molar-refractivity contribution in [2.75, 3.05) is 0 Å². The van der Waals surface area contributed by atoms with Gasteiger partial charge in [0.25, 0.3) is 0 Å². The molecule has 3 heteroatoms. The highest BCUT2D eigenvalue weighted by Crippen LogP contribution is 2.37. The van der Waals surface area contributed by atoms with Gasteiger partial charge in [-0.1, -0.05) is 30.3 Å². The van der Waals surface area contributed by atoms with Gasteiger partial charge in [0, 0.05) is 0 Å². The van der Waals surface area contributed by atoms with Gasteiger partial charge in [0.1, 0.15) is 17.6 Å². The zero-order valence-electron chi connectivity index (χ0n) is 14.8. The van der Waals surface area contributed by atoms with Crippen LogP contribution in [-0.2, 0) is 6.42 Å². The molecule has 1 unspecified atom stereocenters. The molecule has 1 fully saturated rings. The summed E-state index contributed by atoms with van der Waals surface area (Å²) < 4.78 is 12.4. The van der Waals surface area contributed by atoms with Gasteiger partial charge >= 0.3 is 0 Å². The van der Waals surface area contributed by atoms with E-state index in [9.17, 15) is 5.11 Å². The summed E-state index contributed by atoms with van der Waals surface area (Å²) in [7, 11) is 0. The van der Waals surface area contributed by atoms with Gasteiger partial charge in [0.15, 0.2) is 0 Å². The van der Waals surface area contributed by atoms with Crippen LogP contribution >= 0.6 is 0 Å². The summed E-state index contributed by atoms with van der Waals surface area (Å²) in [4.78, 5) is 0. The quantitative estimate of drug-likeness (QED) is 0.871. The van der Waals surface area contributed by atoms with Gasteiger partial charge in [-0.05, 0) is 74.8 Å². The van der Waals surface area contributed by atoms with Crippen LogP contribution in [0.25, 0.3) is 0 Å². The lowest BCUT2D eigenvalue weighted by molar-refractivity contribution is -0.0108. The Morgan fingerprint density at radius 2 is 1.80 bits per heavy atom. The Morgan fingerprint density at radius 3 is 2.56 bits per heavy atom. The van der Waals surface area contributed by atoms with Crippen LogP contribution in [-0.4, -0.2) is 16.8 Å². The standard InChI is InChI=1S/C22H26O3/c1-22(23)13-11-18(12-14-22)24-19-8-10-21-17(15-19)7-9-20(25-21)16-5-3-2-4-6-16/h2-6,8,10,15,18,20,23H,7,9,11-14H2,1H3. The molecule has 1 heterocycles. The molecule has 2 aliphatic rings. The van der Waals surface area contributed by atoms with E-state index in [0.29, 0.717) is 0 Å². The Labute approximate surface area is 149 Å².